The van der Waals surface area contributed by atoms with E-state index in [1.165, 1.54) is 58.7 Å². The molecule has 4 nitrogen and oxygen atoms in total. The fraction of sp³-hybridized carbons (Fsp3) is 1.00. The molecule has 2 fully saturated rings. The molecule has 2 aliphatic heterocycles. The van der Waals surface area contributed by atoms with E-state index in [-0.39, 0.29) is 0 Å². The molecule has 0 N–H and O–H groups in total. The van der Waals surface area contributed by atoms with Crippen LogP contribution in [-0.4, -0.2) is 85.8 Å². The van der Waals surface area contributed by atoms with Gasteiger partial charge in [0.1, 0.15) is 0 Å². The first kappa shape index (κ1) is 16.2. The molecule has 2 rings (SSSR count). The van der Waals surface area contributed by atoms with Gasteiger partial charge in [0.05, 0.1) is 12.7 Å². The molecule has 0 spiro atoms. The first-order valence-electron chi connectivity index (χ1n) is 8.49. The Morgan fingerprint density at radius 1 is 0.950 bits per heavy atom. The smallest absolute Gasteiger partial charge is 0.0596 e. The second-order valence-corrected chi connectivity index (χ2v) is 6.46. The second kappa shape index (κ2) is 8.32. The zero-order valence-corrected chi connectivity index (χ0v) is 13.7. The number of hydrogen-bond acceptors (Lipinski definition) is 4. The Bertz CT molecular complexity index is 256. The lowest BCUT2D eigenvalue weighted by Gasteiger charge is -2.42. The predicted octanol–water partition coefficient (Wildman–Crippen LogP) is 1.51. The van der Waals surface area contributed by atoms with E-state index in [0.717, 1.165) is 19.2 Å². The summed E-state index contributed by atoms with van der Waals surface area (Å²) >= 11 is 0. The number of ether oxygens (including phenoxy) is 1. The molecular formula is C16H33N3O. The van der Waals surface area contributed by atoms with Gasteiger partial charge in [-0.05, 0) is 46.3 Å². The molecule has 4 heteroatoms. The van der Waals surface area contributed by atoms with Gasteiger partial charge < -0.3 is 9.64 Å². The van der Waals surface area contributed by atoms with Gasteiger partial charge in [-0.25, -0.2) is 0 Å². The monoisotopic (exact) mass is 283 g/mol. The Kier molecular flexibility index (Phi) is 6.75. The number of piperazine rings is 1. The van der Waals surface area contributed by atoms with Crippen LogP contribution in [0.25, 0.3) is 0 Å². The molecule has 20 heavy (non-hydrogen) atoms. The van der Waals surface area contributed by atoms with E-state index in [1.54, 1.807) is 0 Å². The van der Waals surface area contributed by atoms with Gasteiger partial charge in [0.15, 0.2) is 0 Å². The van der Waals surface area contributed by atoms with Crippen LogP contribution in [0.5, 0.6) is 0 Å². The highest BCUT2D eigenvalue weighted by Gasteiger charge is 2.26. The first-order chi connectivity index (χ1) is 9.69. The normalized spacial score (nSPS) is 24.6. The van der Waals surface area contributed by atoms with Gasteiger partial charge in [0.25, 0.3) is 0 Å². The van der Waals surface area contributed by atoms with Crippen LogP contribution in [0.1, 0.15) is 33.6 Å². The maximum absolute atomic E-state index is 5.65. The lowest BCUT2D eigenvalue weighted by Crippen LogP contribution is -2.53. The molecule has 0 saturated carbocycles. The van der Waals surface area contributed by atoms with Crippen LogP contribution >= 0.6 is 0 Å². The zero-order valence-electron chi connectivity index (χ0n) is 13.7. The van der Waals surface area contributed by atoms with Crippen molar-refractivity contribution in [1.29, 1.82) is 0 Å². The highest BCUT2D eigenvalue weighted by molar-refractivity contribution is 4.83. The third-order valence-electron chi connectivity index (χ3n) is 4.79. The molecule has 0 aromatic rings. The fourth-order valence-electron chi connectivity index (χ4n) is 3.37. The molecule has 0 unspecified atom stereocenters. The Balaban J connectivity index is 1.62. The van der Waals surface area contributed by atoms with Crippen LogP contribution in [0.4, 0.5) is 0 Å². The molecular weight excluding hydrogens is 250 g/mol. The molecule has 0 aliphatic carbocycles. The maximum Gasteiger partial charge on any atom is 0.0596 e. The number of rotatable bonds is 6. The predicted molar refractivity (Wildman–Crippen MR) is 84.2 cm³/mol. The standard InChI is InChI=1S/C16H33N3O/c1-4-17-7-5-16(6-8-17)19-11-9-18(10-12-19)13-14-20-15(2)3/h15-16H,4-14H2,1-3H3. The highest BCUT2D eigenvalue weighted by atomic mass is 16.5. The third kappa shape index (κ3) is 4.99. The van der Waals surface area contributed by atoms with E-state index in [2.05, 4.69) is 35.5 Å². The average Bonchev–Trinajstić information content (AvgIpc) is 2.48. The van der Waals surface area contributed by atoms with Crippen molar-refractivity contribution in [2.75, 3.05) is 59.0 Å². The summed E-state index contributed by atoms with van der Waals surface area (Å²) in [6, 6.07) is 0.840. The van der Waals surface area contributed by atoms with Crippen LogP contribution in [0.15, 0.2) is 0 Å². The van der Waals surface area contributed by atoms with Gasteiger partial charge in [-0.1, -0.05) is 6.92 Å². The van der Waals surface area contributed by atoms with E-state index in [1.807, 2.05) is 0 Å². The second-order valence-electron chi connectivity index (χ2n) is 6.46. The van der Waals surface area contributed by atoms with E-state index < -0.39 is 0 Å². The number of likely N-dealkylation sites (tertiary alicyclic amines) is 1. The van der Waals surface area contributed by atoms with Gasteiger partial charge in [0.2, 0.25) is 0 Å². The largest absolute Gasteiger partial charge is 0.377 e. The van der Waals surface area contributed by atoms with Crippen LogP contribution in [0, 0.1) is 0 Å². The van der Waals surface area contributed by atoms with E-state index >= 15 is 0 Å². The van der Waals surface area contributed by atoms with Crippen molar-refractivity contribution in [3.63, 3.8) is 0 Å². The van der Waals surface area contributed by atoms with Crippen molar-refractivity contribution in [2.24, 2.45) is 0 Å². The molecule has 2 aliphatic rings. The van der Waals surface area contributed by atoms with Gasteiger partial charge in [-0.15, -0.1) is 0 Å². The van der Waals surface area contributed by atoms with Crippen molar-refractivity contribution >= 4 is 0 Å². The van der Waals surface area contributed by atoms with E-state index in [9.17, 15) is 0 Å². The highest BCUT2D eigenvalue weighted by Crippen LogP contribution is 2.18. The van der Waals surface area contributed by atoms with Gasteiger partial charge in [-0.2, -0.15) is 0 Å². The summed E-state index contributed by atoms with van der Waals surface area (Å²) in [7, 11) is 0. The lowest BCUT2D eigenvalue weighted by molar-refractivity contribution is 0.0281. The number of nitrogens with zero attached hydrogens (tertiary/aromatic N) is 3. The van der Waals surface area contributed by atoms with Crippen molar-refractivity contribution in [2.45, 2.75) is 45.8 Å². The van der Waals surface area contributed by atoms with Crippen LogP contribution in [-0.2, 0) is 4.74 Å². The SMILES string of the molecule is CCN1CCC(N2CCN(CCOC(C)C)CC2)CC1. The number of hydrogen-bond donors (Lipinski definition) is 0. The Hall–Kier alpha value is -0.160. The molecule has 0 bridgehead atoms. The minimum absolute atomic E-state index is 0.361. The first-order valence-corrected chi connectivity index (χ1v) is 8.49. The summed E-state index contributed by atoms with van der Waals surface area (Å²) in [4.78, 5) is 7.86. The summed E-state index contributed by atoms with van der Waals surface area (Å²) in [5.74, 6) is 0. The van der Waals surface area contributed by atoms with Crippen molar-refractivity contribution in [1.82, 2.24) is 14.7 Å². The van der Waals surface area contributed by atoms with Crippen LogP contribution < -0.4 is 0 Å². The molecule has 118 valence electrons. The van der Waals surface area contributed by atoms with Crippen LogP contribution in [0.3, 0.4) is 0 Å². The number of piperidine rings is 1. The topological polar surface area (TPSA) is 19.0 Å². The molecule has 0 aromatic carbocycles. The minimum Gasteiger partial charge on any atom is -0.377 e. The van der Waals surface area contributed by atoms with Gasteiger partial charge >= 0.3 is 0 Å². The Morgan fingerprint density at radius 2 is 1.60 bits per heavy atom. The summed E-state index contributed by atoms with van der Waals surface area (Å²) in [5.41, 5.74) is 0. The van der Waals surface area contributed by atoms with Crippen molar-refractivity contribution in [3.8, 4) is 0 Å². The van der Waals surface area contributed by atoms with Crippen LogP contribution in [0.2, 0.25) is 0 Å². The fourth-order valence-corrected chi connectivity index (χ4v) is 3.37. The van der Waals surface area contributed by atoms with Crippen molar-refractivity contribution in [3.05, 3.63) is 0 Å². The van der Waals surface area contributed by atoms with Gasteiger partial charge in [0, 0.05) is 38.8 Å². The molecule has 2 heterocycles. The molecule has 2 saturated heterocycles. The minimum atomic E-state index is 0.361. The average molecular weight is 283 g/mol. The summed E-state index contributed by atoms with van der Waals surface area (Å²) in [6.07, 6.45) is 3.09. The zero-order chi connectivity index (χ0) is 14.4. The Labute approximate surface area is 125 Å². The quantitative estimate of drug-likeness (QED) is 0.735. The molecule has 0 atom stereocenters. The van der Waals surface area contributed by atoms with Gasteiger partial charge in [-0.3, -0.25) is 9.80 Å². The van der Waals surface area contributed by atoms with E-state index in [0.29, 0.717) is 6.10 Å². The summed E-state index contributed by atoms with van der Waals surface area (Å²) < 4.78 is 5.65. The molecule has 0 radical (unpaired) electrons. The third-order valence-corrected chi connectivity index (χ3v) is 4.79. The Morgan fingerprint density at radius 3 is 2.15 bits per heavy atom. The van der Waals surface area contributed by atoms with Crippen molar-refractivity contribution < 1.29 is 4.74 Å². The lowest BCUT2D eigenvalue weighted by atomic mass is 10.0. The molecule has 0 amide bonds. The maximum atomic E-state index is 5.65. The summed E-state index contributed by atoms with van der Waals surface area (Å²) in [5, 5.41) is 0. The molecule has 0 aromatic heterocycles. The van der Waals surface area contributed by atoms with E-state index in [4.69, 9.17) is 4.74 Å². The summed E-state index contributed by atoms with van der Waals surface area (Å²) in [6.45, 7) is 17.2.